The monoisotopic (exact) mass is 226 g/mol. The van der Waals surface area contributed by atoms with Crippen LogP contribution in [0.15, 0.2) is 12.2 Å². The van der Waals surface area contributed by atoms with Crippen LogP contribution in [-0.2, 0) is 19.1 Å². The summed E-state index contributed by atoms with van der Waals surface area (Å²) in [5.74, 6) is -0.536. The van der Waals surface area contributed by atoms with E-state index in [-0.39, 0.29) is 11.9 Å². The van der Waals surface area contributed by atoms with Crippen LogP contribution in [0.25, 0.3) is 0 Å². The molecule has 1 aliphatic carbocycles. The van der Waals surface area contributed by atoms with Gasteiger partial charge in [0.25, 0.3) is 0 Å². The molecule has 16 heavy (non-hydrogen) atoms. The highest BCUT2D eigenvalue weighted by Crippen LogP contribution is 2.40. The van der Waals surface area contributed by atoms with Gasteiger partial charge in [0.05, 0.1) is 25.0 Å². The SMILES string of the molecule is COC(=O)C1(C)C=CC(C)(C(=O)OC)CC1. The first-order chi connectivity index (χ1) is 7.38. The summed E-state index contributed by atoms with van der Waals surface area (Å²) in [6, 6.07) is 0. The molecule has 0 spiro atoms. The van der Waals surface area contributed by atoms with Gasteiger partial charge in [-0.2, -0.15) is 0 Å². The molecule has 2 atom stereocenters. The largest absolute Gasteiger partial charge is 0.468 e. The molecule has 0 aromatic carbocycles. The molecule has 0 bridgehead atoms. The minimum Gasteiger partial charge on any atom is -0.468 e. The fourth-order valence-corrected chi connectivity index (χ4v) is 1.86. The minimum absolute atomic E-state index is 0.268. The van der Waals surface area contributed by atoms with Crippen molar-refractivity contribution in [3.63, 3.8) is 0 Å². The summed E-state index contributed by atoms with van der Waals surface area (Å²) in [5, 5.41) is 0. The molecular formula is C12H18O4. The van der Waals surface area contributed by atoms with Crippen molar-refractivity contribution in [2.24, 2.45) is 10.8 Å². The molecule has 0 heterocycles. The Morgan fingerprint density at radius 2 is 1.25 bits per heavy atom. The number of carbonyl (C=O) groups excluding carboxylic acids is 2. The quantitative estimate of drug-likeness (QED) is 0.531. The maximum absolute atomic E-state index is 11.5. The summed E-state index contributed by atoms with van der Waals surface area (Å²) in [7, 11) is 2.74. The Bertz CT molecular complexity index is 302. The van der Waals surface area contributed by atoms with Crippen molar-refractivity contribution in [2.45, 2.75) is 26.7 Å². The summed E-state index contributed by atoms with van der Waals surface area (Å²) >= 11 is 0. The minimum atomic E-state index is -0.623. The van der Waals surface area contributed by atoms with Crippen LogP contribution in [0.2, 0.25) is 0 Å². The Labute approximate surface area is 95.6 Å². The van der Waals surface area contributed by atoms with E-state index in [0.29, 0.717) is 12.8 Å². The zero-order valence-corrected chi connectivity index (χ0v) is 10.2. The van der Waals surface area contributed by atoms with Crippen LogP contribution < -0.4 is 0 Å². The fraction of sp³-hybridized carbons (Fsp3) is 0.667. The number of ether oxygens (including phenoxy) is 2. The van der Waals surface area contributed by atoms with Crippen molar-refractivity contribution in [3.05, 3.63) is 12.2 Å². The molecule has 0 aromatic heterocycles. The molecular weight excluding hydrogens is 208 g/mol. The van der Waals surface area contributed by atoms with Gasteiger partial charge in [0.1, 0.15) is 0 Å². The maximum Gasteiger partial charge on any atom is 0.315 e. The second-order valence-corrected chi connectivity index (χ2v) is 4.65. The Hall–Kier alpha value is -1.32. The highest BCUT2D eigenvalue weighted by atomic mass is 16.5. The summed E-state index contributed by atoms with van der Waals surface area (Å²) in [6.07, 6.45) is 4.67. The third kappa shape index (κ3) is 2.10. The van der Waals surface area contributed by atoms with Gasteiger partial charge in [-0.05, 0) is 26.7 Å². The van der Waals surface area contributed by atoms with Crippen molar-refractivity contribution in [1.82, 2.24) is 0 Å². The lowest BCUT2D eigenvalue weighted by Crippen LogP contribution is -2.37. The van der Waals surface area contributed by atoms with Gasteiger partial charge in [-0.15, -0.1) is 0 Å². The molecule has 0 N–H and O–H groups in total. The van der Waals surface area contributed by atoms with Crippen LogP contribution in [0.5, 0.6) is 0 Å². The van der Waals surface area contributed by atoms with Crippen molar-refractivity contribution >= 4 is 11.9 Å². The third-order valence-electron chi connectivity index (χ3n) is 3.29. The molecule has 90 valence electrons. The van der Waals surface area contributed by atoms with Crippen molar-refractivity contribution < 1.29 is 19.1 Å². The van der Waals surface area contributed by atoms with Crippen LogP contribution in [-0.4, -0.2) is 26.2 Å². The van der Waals surface area contributed by atoms with Crippen LogP contribution >= 0.6 is 0 Å². The van der Waals surface area contributed by atoms with Gasteiger partial charge in [0.15, 0.2) is 0 Å². The van der Waals surface area contributed by atoms with Gasteiger partial charge in [-0.1, -0.05) is 12.2 Å². The number of carbonyl (C=O) groups is 2. The van der Waals surface area contributed by atoms with E-state index >= 15 is 0 Å². The molecule has 2 unspecified atom stereocenters. The molecule has 4 heteroatoms. The number of esters is 2. The van der Waals surface area contributed by atoms with Crippen molar-refractivity contribution in [3.8, 4) is 0 Å². The highest BCUT2D eigenvalue weighted by molar-refractivity contribution is 5.82. The second-order valence-electron chi connectivity index (χ2n) is 4.65. The average Bonchev–Trinajstić information content (AvgIpc) is 2.31. The number of hydrogen-bond acceptors (Lipinski definition) is 4. The lowest BCUT2D eigenvalue weighted by molar-refractivity contribution is -0.154. The summed E-state index contributed by atoms with van der Waals surface area (Å²) in [5.41, 5.74) is -1.25. The summed E-state index contributed by atoms with van der Waals surface area (Å²) < 4.78 is 9.48. The van der Waals surface area contributed by atoms with E-state index in [1.54, 1.807) is 12.2 Å². The molecule has 4 nitrogen and oxygen atoms in total. The average molecular weight is 226 g/mol. The zero-order valence-electron chi connectivity index (χ0n) is 10.2. The van der Waals surface area contributed by atoms with E-state index in [1.165, 1.54) is 14.2 Å². The van der Waals surface area contributed by atoms with Gasteiger partial charge in [-0.25, -0.2) is 0 Å². The number of rotatable bonds is 2. The van der Waals surface area contributed by atoms with Crippen molar-refractivity contribution in [1.29, 1.82) is 0 Å². The Morgan fingerprint density at radius 1 is 0.938 bits per heavy atom. The summed E-state index contributed by atoms with van der Waals surface area (Å²) in [4.78, 5) is 23.1. The molecule has 0 aliphatic heterocycles. The van der Waals surface area contributed by atoms with Gasteiger partial charge >= 0.3 is 11.9 Å². The van der Waals surface area contributed by atoms with Gasteiger partial charge in [0, 0.05) is 0 Å². The smallest absolute Gasteiger partial charge is 0.315 e. The molecule has 1 rings (SSSR count). The van der Waals surface area contributed by atoms with Crippen molar-refractivity contribution in [2.75, 3.05) is 14.2 Å². The van der Waals surface area contributed by atoms with Gasteiger partial charge in [-0.3, -0.25) is 9.59 Å². The number of hydrogen-bond donors (Lipinski definition) is 0. The standard InChI is InChI=1S/C12H18O4/c1-11(9(13)15-3)5-7-12(2,8-6-11)10(14)16-4/h5,7H,6,8H2,1-4H3. The van der Waals surface area contributed by atoms with E-state index in [4.69, 9.17) is 9.47 Å². The second kappa shape index (κ2) is 4.28. The van der Waals surface area contributed by atoms with Crippen LogP contribution in [0, 0.1) is 10.8 Å². The molecule has 0 aromatic rings. The lowest BCUT2D eigenvalue weighted by atomic mass is 9.70. The molecule has 1 aliphatic rings. The predicted octanol–water partition coefficient (Wildman–Crippen LogP) is 1.69. The van der Waals surface area contributed by atoms with Gasteiger partial charge in [0.2, 0.25) is 0 Å². The van der Waals surface area contributed by atoms with E-state index in [9.17, 15) is 9.59 Å². The number of methoxy groups -OCH3 is 2. The first-order valence-electron chi connectivity index (χ1n) is 5.25. The Kier molecular flexibility index (Phi) is 3.41. The van der Waals surface area contributed by atoms with Crippen LogP contribution in [0.1, 0.15) is 26.7 Å². The molecule has 0 saturated heterocycles. The highest BCUT2D eigenvalue weighted by Gasteiger charge is 2.42. The zero-order chi connectivity index (χ0) is 12.4. The maximum atomic E-state index is 11.5. The topological polar surface area (TPSA) is 52.6 Å². The molecule has 0 fully saturated rings. The van der Waals surface area contributed by atoms with Crippen LogP contribution in [0.3, 0.4) is 0 Å². The van der Waals surface area contributed by atoms with E-state index in [1.807, 2.05) is 13.8 Å². The first-order valence-corrected chi connectivity index (χ1v) is 5.25. The normalized spacial score (nSPS) is 33.2. The van der Waals surface area contributed by atoms with E-state index in [2.05, 4.69) is 0 Å². The van der Waals surface area contributed by atoms with E-state index in [0.717, 1.165) is 0 Å². The molecule has 0 saturated carbocycles. The van der Waals surface area contributed by atoms with E-state index < -0.39 is 10.8 Å². The Balaban J connectivity index is 2.89. The molecule has 0 amide bonds. The fourth-order valence-electron chi connectivity index (χ4n) is 1.86. The first kappa shape index (κ1) is 12.7. The Morgan fingerprint density at radius 3 is 1.44 bits per heavy atom. The van der Waals surface area contributed by atoms with Gasteiger partial charge < -0.3 is 9.47 Å². The molecule has 0 radical (unpaired) electrons. The predicted molar refractivity (Wildman–Crippen MR) is 58.6 cm³/mol. The lowest BCUT2D eigenvalue weighted by Gasteiger charge is -2.34. The summed E-state index contributed by atoms with van der Waals surface area (Å²) in [6.45, 7) is 3.62. The van der Waals surface area contributed by atoms with Crippen LogP contribution in [0.4, 0.5) is 0 Å². The third-order valence-corrected chi connectivity index (χ3v) is 3.29.